The second kappa shape index (κ2) is 8.36. The molecule has 2 heterocycles. The SMILES string of the molecule is CN(C)Cc1cn(C2CCN(C(=O)O)CC2)c2ccc(S(=O)(=O)c3ccccc3)cc12. The molecular weight excluding hydrogens is 414 g/mol. The van der Waals surface area contributed by atoms with Crippen LogP contribution in [0.1, 0.15) is 24.4 Å². The smallest absolute Gasteiger partial charge is 0.407 e. The highest BCUT2D eigenvalue weighted by molar-refractivity contribution is 7.91. The number of likely N-dealkylation sites (tertiary alicyclic amines) is 1. The van der Waals surface area contributed by atoms with Crippen LogP contribution < -0.4 is 0 Å². The molecule has 1 amide bonds. The molecule has 0 radical (unpaired) electrons. The molecule has 0 bridgehead atoms. The van der Waals surface area contributed by atoms with Crippen molar-refractivity contribution in [3.8, 4) is 0 Å². The van der Waals surface area contributed by atoms with E-state index in [1.54, 1.807) is 42.5 Å². The van der Waals surface area contributed by atoms with Crippen LogP contribution in [0.3, 0.4) is 0 Å². The van der Waals surface area contributed by atoms with Gasteiger partial charge in [-0.05, 0) is 62.8 Å². The Bertz CT molecular complexity index is 1190. The van der Waals surface area contributed by atoms with Gasteiger partial charge in [0.25, 0.3) is 0 Å². The summed E-state index contributed by atoms with van der Waals surface area (Å²) in [5.74, 6) is 0. The maximum atomic E-state index is 13.1. The third kappa shape index (κ3) is 4.18. The Morgan fingerprint density at radius 3 is 2.35 bits per heavy atom. The molecule has 1 N–H and O–H groups in total. The first kappa shape index (κ1) is 21.4. The largest absolute Gasteiger partial charge is 0.465 e. The van der Waals surface area contributed by atoms with Gasteiger partial charge in [-0.25, -0.2) is 13.2 Å². The molecule has 0 spiro atoms. The molecular formula is C23H27N3O4S. The van der Waals surface area contributed by atoms with Gasteiger partial charge in [0.2, 0.25) is 9.84 Å². The predicted octanol–water partition coefficient (Wildman–Crippen LogP) is 3.85. The maximum Gasteiger partial charge on any atom is 0.407 e. The van der Waals surface area contributed by atoms with E-state index in [-0.39, 0.29) is 15.8 Å². The van der Waals surface area contributed by atoms with Crippen LogP contribution in [0.5, 0.6) is 0 Å². The molecule has 1 aromatic heterocycles. The van der Waals surface area contributed by atoms with Gasteiger partial charge < -0.3 is 19.5 Å². The molecule has 1 saturated heterocycles. The lowest BCUT2D eigenvalue weighted by Crippen LogP contribution is -2.38. The Hall–Kier alpha value is -2.84. The normalized spacial score (nSPS) is 15.6. The number of benzene rings is 2. The Kier molecular flexibility index (Phi) is 5.77. The van der Waals surface area contributed by atoms with Gasteiger partial charge >= 0.3 is 6.09 Å². The van der Waals surface area contributed by atoms with Crippen molar-refractivity contribution in [1.29, 1.82) is 0 Å². The average Bonchev–Trinajstić information content (AvgIpc) is 3.11. The summed E-state index contributed by atoms with van der Waals surface area (Å²) in [6.07, 6.45) is 2.70. The minimum absolute atomic E-state index is 0.186. The number of aromatic nitrogens is 1. The monoisotopic (exact) mass is 441 g/mol. The minimum atomic E-state index is -3.60. The van der Waals surface area contributed by atoms with E-state index in [1.807, 2.05) is 20.2 Å². The van der Waals surface area contributed by atoms with E-state index >= 15 is 0 Å². The third-order valence-electron chi connectivity index (χ3n) is 5.87. The highest BCUT2D eigenvalue weighted by atomic mass is 32.2. The predicted molar refractivity (Wildman–Crippen MR) is 119 cm³/mol. The molecule has 0 aliphatic carbocycles. The van der Waals surface area contributed by atoms with Crippen LogP contribution in [0.15, 0.2) is 64.5 Å². The number of carboxylic acid groups (broad SMARTS) is 1. The van der Waals surface area contributed by atoms with Gasteiger partial charge in [0.05, 0.1) is 9.79 Å². The van der Waals surface area contributed by atoms with Gasteiger partial charge in [-0.1, -0.05) is 18.2 Å². The van der Waals surface area contributed by atoms with Gasteiger partial charge in [0.1, 0.15) is 0 Å². The Balaban J connectivity index is 1.76. The first-order valence-corrected chi connectivity index (χ1v) is 11.8. The summed E-state index contributed by atoms with van der Waals surface area (Å²) in [6, 6.07) is 14.0. The van der Waals surface area contributed by atoms with Crippen LogP contribution in [-0.4, -0.2) is 61.2 Å². The van der Waals surface area contributed by atoms with Gasteiger partial charge in [-0.3, -0.25) is 0 Å². The van der Waals surface area contributed by atoms with Crippen LogP contribution in [0.4, 0.5) is 4.79 Å². The van der Waals surface area contributed by atoms with E-state index in [4.69, 9.17) is 0 Å². The van der Waals surface area contributed by atoms with Crippen molar-refractivity contribution in [1.82, 2.24) is 14.4 Å². The number of rotatable bonds is 5. The topological polar surface area (TPSA) is 82.8 Å². The second-order valence-electron chi connectivity index (χ2n) is 8.30. The third-order valence-corrected chi connectivity index (χ3v) is 7.63. The summed E-state index contributed by atoms with van der Waals surface area (Å²) >= 11 is 0. The number of hydrogen-bond acceptors (Lipinski definition) is 4. The first-order chi connectivity index (χ1) is 14.8. The molecule has 1 fully saturated rings. The lowest BCUT2D eigenvalue weighted by molar-refractivity contribution is 0.126. The first-order valence-electron chi connectivity index (χ1n) is 10.3. The Morgan fingerprint density at radius 1 is 1.06 bits per heavy atom. The molecule has 3 aromatic rings. The summed E-state index contributed by atoms with van der Waals surface area (Å²) in [6.45, 7) is 1.69. The molecule has 8 heteroatoms. The van der Waals surface area contributed by atoms with E-state index in [9.17, 15) is 18.3 Å². The fraction of sp³-hybridized carbons (Fsp3) is 0.348. The lowest BCUT2D eigenvalue weighted by atomic mass is 10.1. The van der Waals surface area contributed by atoms with E-state index in [1.165, 1.54) is 4.90 Å². The fourth-order valence-electron chi connectivity index (χ4n) is 4.31. The van der Waals surface area contributed by atoms with Crippen molar-refractivity contribution < 1.29 is 18.3 Å². The molecule has 31 heavy (non-hydrogen) atoms. The number of amides is 1. The van der Waals surface area contributed by atoms with E-state index < -0.39 is 15.9 Å². The number of fused-ring (bicyclic) bond motifs is 1. The van der Waals surface area contributed by atoms with Crippen LogP contribution >= 0.6 is 0 Å². The minimum Gasteiger partial charge on any atom is -0.465 e. The molecule has 0 saturated carbocycles. The molecule has 0 unspecified atom stereocenters. The highest BCUT2D eigenvalue weighted by Gasteiger charge is 2.26. The van der Waals surface area contributed by atoms with Gasteiger partial charge in [-0.2, -0.15) is 0 Å². The van der Waals surface area contributed by atoms with Crippen molar-refractivity contribution in [3.05, 3.63) is 60.3 Å². The molecule has 1 aliphatic rings. The van der Waals surface area contributed by atoms with Gasteiger partial charge in [0, 0.05) is 42.8 Å². The number of nitrogens with zero attached hydrogens (tertiary/aromatic N) is 3. The summed E-state index contributed by atoms with van der Waals surface area (Å²) in [4.78, 5) is 15.3. The summed E-state index contributed by atoms with van der Waals surface area (Å²) in [5.41, 5.74) is 2.04. The molecule has 164 valence electrons. The Morgan fingerprint density at radius 2 is 1.74 bits per heavy atom. The highest BCUT2D eigenvalue weighted by Crippen LogP contribution is 2.33. The molecule has 2 aromatic carbocycles. The number of piperidine rings is 1. The van der Waals surface area contributed by atoms with Crippen molar-refractivity contribution >= 4 is 26.8 Å². The lowest BCUT2D eigenvalue weighted by Gasteiger charge is -2.31. The van der Waals surface area contributed by atoms with Crippen molar-refractivity contribution in [2.24, 2.45) is 0 Å². The fourth-order valence-corrected chi connectivity index (χ4v) is 5.62. The second-order valence-corrected chi connectivity index (χ2v) is 10.2. The van der Waals surface area contributed by atoms with Gasteiger partial charge in [-0.15, -0.1) is 0 Å². The average molecular weight is 442 g/mol. The zero-order valence-electron chi connectivity index (χ0n) is 17.7. The number of hydrogen-bond donors (Lipinski definition) is 1. The zero-order chi connectivity index (χ0) is 22.2. The quantitative estimate of drug-likeness (QED) is 0.650. The zero-order valence-corrected chi connectivity index (χ0v) is 18.5. The van der Waals surface area contributed by atoms with Gasteiger partial charge in [0.15, 0.2) is 0 Å². The molecule has 7 nitrogen and oxygen atoms in total. The summed E-state index contributed by atoms with van der Waals surface area (Å²) < 4.78 is 28.5. The van der Waals surface area contributed by atoms with E-state index in [0.717, 1.165) is 29.3 Å². The summed E-state index contributed by atoms with van der Waals surface area (Å²) in [7, 11) is 0.368. The standard InChI is InChI=1S/C23H27N3O4S/c1-24(2)15-17-16-26(18-10-12-25(13-11-18)23(27)28)22-9-8-20(14-21(17)22)31(29,30)19-6-4-3-5-7-19/h3-9,14,16,18H,10-13,15H2,1-2H3,(H,27,28). The van der Waals surface area contributed by atoms with Crippen LogP contribution in [0.2, 0.25) is 0 Å². The van der Waals surface area contributed by atoms with Crippen molar-refractivity contribution in [2.75, 3.05) is 27.2 Å². The Labute approximate surface area is 182 Å². The molecule has 4 rings (SSSR count). The molecule has 1 aliphatic heterocycles. The van der Waals surface area contributed by atoms with Crippen LogP contribution in [0, 0.1) is 0 Å². The number of carbonyl (C=O) groups is 1. The van der Waals surface area contributed by atoms with Crippen LogP contribution in [-0.2, 0) is 16.4 Å². The molecule has 0 atom stereocenters. The van der Waals surface area contributed by atoms with Crippen LogP contribution in [0.25, 0.3) is 10.9 Å². The summed E-state index contributed by atoms with van der Waals surface area (Å²) in [5, 5.41) is 10.2. The van der Waals surface area contributed by atoms with E-state index in [0.29, 0.717) is 19.6 Å². The van der Waals surface area contributed by atoms with Crippen molar-refractivity contribution in [2.45, 2.75) is 35.2 Å². The van der Waals surface area contributed by atoms with Crippen molar-refractivity contribution in [3.63, 3.8) is 0 Å². The van der Waals surface area contributed by atoms with E-state index in [2.05, 4.69) is 15.7 Å². The number of sulfone groups is 1. The maximum absolute atomic E-state index is 13.1.